The lowest BCUT2D eigenvalue weighted by Crippen LogP contribution is -2.34. The van der Waals surface area contributed by atoms with Crippen molar-refractivity contribution in [2.75, 3.05) is 13.4 Å². The van der Waals surface area contributed by atoms with Gasteiger partial charge in [-0.3, -0.25) is 9.59 Å². The van der Waals surface area contributed by atoms with Crippen molar-refractivity contribution in [2.45, 2.75) is 25.8 Å². The second-order valence-corrected chi connectivity index (χ2v) is 5.57. The predicted octanol–water partition coefficient (Wildman–Crippen LogP) is 0.402. The van der Waals surface area contributed by atoms with Gasteiger partial charge in [0.05, 0.1) is 6.04 Å². The van der Waals surface area contributed by atoms with Crippen LogP contribution in [0.1, 0.15) is 31.4 Å². The van der Waals surface area contributed by atoms with Crippen molar-refractivity contribution in [3.63, 3.8) is 0 Å². The van der Waals surface area contributed by atoms with Crippen LogP contribution in [-0.2, 0) is 19.1 Å². The fourth-order valence-electron chi connectivity index (χ4n) is 2.38. The third-order valence-corrected chi connectivity index (χ3v) is 3.75. The lowest BCUT2D eigenvalue weighted by molar-refractivity contribution is -0.142. The largest absolute Gasteiger partial charge is 0.454 e. The zero-order chi connectivity index (χ0) is 17.8. The molecule has 132 valence electrons. The van der Waals surface area contributed by atoms with E-state index in [9.17, 15) is 14.4 Å². The highest BCUT2D eigenvalue weighted by Gasteiger charge is 2.21. The second-order valence-electron chi connectivity index (χ2n) is 5.57. The minimum Gasteiger partial charge on any atom is -0.454 e. The molecule has 9 heteroatoms. The van der Waals surface area contributed by atoms with Crippen LogP contribution >= 0.6 is 0 Å². The molecule has 9 nitrogen and oxygen atoms in total. The molecule has 3 rings (SSSR count). The van der Waals surface area contributed by atoms with Crippen LogP contribution in [0.15, 0.2) is 23.3 Å². The van der Waals surface area contributed by atoms with E-state index in [0.29, 0.717) is 11.5 Å². The number of rotatable bonds is 5. The monoisotopic (exact) mass is 347 g/mol. The normalized spacial score (nSPS) is 16.5. The molecule has 1 aromatic rings. The summed E-state index contributed by atoms with van der Waals surface area (Å²) in [5.41, 5.74) is 3.13. The first-order valence-electron chi connectivity index (χ1n) is 7.74. The Morgan fingerprint density at radius 1 is 1.32 bits per heavy atom. The quantitative estimate of drug-likeness (QED) is 0.745. The smallest absolute Gasteiger partial charge is 0.355 e. The number of carbonyl (C=O) groups excluding carboxylic acids is 3. The summed E-state index contributed by atoms with van der Waals surface area (Å²) in [4.78, 5) is 34.7. The number of fused-ring (bicyclic) bond motifs is 1. The van der Waals surface area contributed by atoms with E-state index in [4.69, 9.17) is 14.2 Å². The van der Waals surface area contributed by atoms with Gasteiger partial charge in [0, 0.05) is 12.8 Å². The standard InChI is InChI=1S/C16H17N3O6/c1-9(10-2-4-12-13(6-10)25-8-24-12)17-15(21)7-23-16(22)11-3-5-14(20)19-18-11/h2,4,6,9H,3,5,7-8H2,1H3,(H,17,21)(H,19,20)/t9-/m1/s1. The average molecular weight is 347 g/mol. The molecule has 2 amide bonds. The molecule has 1 aromatic carbocycles. The number of carbonyl (C=O) groups is 3. The lowest BCUT2D eigenvalue weighted by Gasteiger charge is -2.15. The molecule has 1 atom stereocenters. The van der Waals surface area contributed by atoms with E-state index >= 15 is 0 Å². The number of hydrazone groups is 1. The summed E-state index contributed by atoms with van der Waals surface area (Å²) >= 11 is 0. The Bertz CT molecular complexity index is 745. The van der Waals surface area contributed by atoms with Gasteiger partial charge < -0.3 is 19.5 Å². The number of nitrogens with one attached hydrogen (secondary N) is 2. The van der Waals surface area contributed by atoms with E-state index < -0.39 is 18.5 Å². The predicted molar refractivity (Wildman–Crippen MR) is 84.9 cm³/mol. The lowest BCUT2D eigenvalue weighted by atomic mass is 10.1. The van der Waals surface area contributed by atoms with Crippen LogP contribution in [-0.4, -0.2) is 36.9 Å². The van der Waals surface area contributed by atoms with Crippen LogP contribution in [0, 0.1) is 0 Å². The van der Waals surface area contributed by atoms with Crippen molar-refractivity contribution in [3.8, 4) is 11.5 Å². The van der Waals surface area contributed by atoms with Crippen LogP contribution in [0.2, 0.25) is 0 Å². The molecule has 25 heavy (non-hydrogen) atoms. The van der Waals surface area contributed by atoms with Crippen LogP contribution in [0.5, 0.6) is 11.5 Å². The zero-order valence-electron chi connectivity index (χ0n) is 13.5. The van der Waals surface area contributed by atoms with Gasteiger partial charge in [0.1, 0.15) is 5.71 Å². The van der Waals surface area contributed by atoms with E-state index in [0.717, 1.165) is 5.56 Å². The van der Waals surface area contributed by atoms with Gasteiger partial charge in [0.2, 0.25) is 12.7 Å². The maximum atomic E-state index is 11.9. The first kappa shape index (κ1) is 16.7. The summed E-state index contributed by atoms with van der Waals surface area (Å²) in [6, 6.07) is 5.09. The molecule has 0 bridgehead atoms. The first-order chi connectivity index (χ1) is 12.0. The van der Waals surface area contributed by atoms with E-state index in [1.54, 1.807) is 19.1 Å². The molecule has 2 aliphatic rings. The first-order valence-corrected chi connectivity index (χ1v) is 7.74. The number of ether oxygens (including phenoxy) is 3. The van der Waals surface area contributed by atoms with Gasteiger partial charge >= 0.3 is 5.97 Å². The highest BCUT2D eigenvalue weighted by Crippen LogP contribution is 2.34. The Morgan fingerprint density at radius 2 is 2.12 bits per heavy atom. The van der Waals surface area contributed by atoms with Gasteiger partial charge in [-0.15, -0.1) is 0 Å². The molecule has 0 fully saturated rings. The summed E-state index contributed by atoms with van der Waals surface area (Å²) in [6.45, 7) is 1.55. The molecule has 0 aliphatic carbocycles. The highest BCUT2D eigenvalue weighted by atomic mass is 16.7. The molecular weight excluding hydrogens is 330 g/mol. The number of nitrogens with zero attached hydrogens (tertiary/aromatic N) is 1. The zero-order valence-corrected chi connectivity index (χ0v) is 13.5. The Balaban J connectivity index is 1.49. The third-order valence-electron chi connectivity index (χ3n) is 3.75. The van der Waals surface area contributed by atoms with Gasteiger partial charge in [-0.05, 0) is 24.6 Å². The Hall–Kier alpha value is -3.10. The molecule has 0 saturated heterocycles. The average Bonchev–Trinajstić information content (AvgIpc) is 3.08. The number of amides is 2. The fraction of sp³-hybridized carbons (Fsp3) is 0.375. The van der Waals surface area contributed by atoms with E-state index in [1.807, 2.05) is 6.07 Å². The van der Waals surface area contributed by atoms with E-state index in [-0.39, 0.29) is 37.3 Å². The SMILES string of the molecule is C[C@@H](NC(=O)COC(=O)C1=NNC(=O)CC1)c1ccc2c(c1)OCO2. The van der Waals surface area contributed by atoms with Gasteiger partial charge in [-0.1, -0.05) is 6.07 Å². The summed E-state index contributed by atoms with van der Waals surface area (Å²) < 4.78 is 15.5. The molecule has 2 aliphatic heterocycles. The summed E-state index contributed by atoms with van der Waals surface area (Å²) in [7, 11) is 0. The van der Waals surface area contributed by atoms with Crippen LogP contribution < -0.4 is 20.2 Å². The molecule has 2 heterocycles. The van der Waals surface area contributed by atoms with Crippen LogP contribution in [0.3, 0.4) is 0 Å². The molecule has 2 N–H and O–H groups in total. The van der Waals surface area contributed by atoms with Gasteiger partial charge in [0.15, 0.2) is 18.1 Å². The number of esters is 1. The maximum absolute atomic E-state index is 11.9. The minimum atomic E-state index is -0.717. The number of hydrogen-bond acceptors (Lipinski definition) is 7. The molecule has 0 radical (unpaired) electrons. The number of hydrogen-bond donors (Lipinski definition) is 2. The Labute approximate surface area is 143 Å². The van der Waals surface area contributed by atoms with Crippen molar-refractivity contribution in [3.05, 3.63) is 23.8 Å². The third kappa shape index (κ3) is 4.06. The topological polar surface area (TPSA) is 115 Å². The van der Waals surface area contributed by atoms with Crippen LogP contribution in [0.25, 0.3) is 0 Å². The number of benzene rings is 1. The van der Waals surface area contributed by atoms with E-state index in [2.05, 4.69) is 15.8 Å². The van der Waals surface area contributed by atoms with Gasteiger partial charge in [-0.25, -0.2) is 10.2 Å². The van der Waals surface area contributed by atoms with Crippen molar-refractivity contribution >= 4 is 23.5 Å². The molecular formula is C16H17N3O6. The highest BCUT2D eigenvalue weighted by molar-refractivity contribution is 6.37. The molecule has 0 unspecified atom stereocenters. The minimum absolute atomic E-state index is 0.0937. The van der Waals surface area contributed by atoms with Crippen molar-refractivity contribution < 1.29 is 28.6 Å². The van der Waals surface area contributed by atoms with Gasteiger partial charge in [-0.2, -0.15) is 5.10 Å². The van der Waals surface area contributed by atoms with Gasteiger partial charge in [0.25, 0.3) is 5.91 Å². The maximum Gasteiger partial charge on any atom is 0.355 e. The summed E-state index contributed by atoms with van der Waals surface area (Å²) in [6.07, 6.45) is 0.362. The Morgan fingerprint density at radius 3 is 2.88 bits per heavy atom. The molecule has 0 aromatic heterocycles. The van der Waals surface area contributed by atoms with Crippen LogP contribution in [0.4, 0.5) is 0 Å². The van der Waals surface area contributed by atoms with Crippen molar-refractivity contribution in [2.24, 2.45) is 5.10 Å². The molecule has 0 saturated carbocycles. The van der Waals surface area contributed by atoms with Crippen molar-refractivity contribution in [1.82, 2.24) is 10.7 Å². The molecule has 0 spiro atoms. The summed E-state index contributed by atoms with van der Waals surface area (Å²) in [5, 5.41) is 6.35. The van der Waals surface area contributed by atoms with E-state index in [1.165, 1.54) is 0 Å². The Kier molecular flexibility index (Phi) is 4.82. The fourth-order valence-corrected chi connectivity index (χ4v) is 2.38. The second kappa shape index (κ2) is 7.20. The summed E-state index contributed by atoms with van der Waals surface area (Å²) in [5.74, 6) is -0.129. The van der Waals surface area contributed by atoms with Crippen molar-refractivity contribution in [1.29, 1.82) is 0 Å².